The van der Waals surface area contributed by atoms with Crippen molar-refractivity contribution in [1.29, 1.82) is 0 Å². The maximum Gasteiger partial charge on any atom is 0.0700 e. The lowest BCUT2D eigenvalue weighted by Crippen LogP contribution is -2.34. The van der Waals surface area contributed by atoms with Crippen molar-refractivity contribution in [3.63, 3.8) is 0 Å². The number of halogens is 1. The first-order chi connectivity index (χ1) is 6.83. The molecule has 0 radical (unpaired) electrons. The van der Waals surface area contributed by atoms with Gasteiger partial charge in [0.05, 0.1) is 13.2 Å². The van der Waals surface area contributed by atoms with Crippen LogP contribution in [0.4, 0.5) is 0 Å². The van der Waals surface area contributed by atoms with Crippen molar-refractivity contribution in [2.24, 2.45) is 0 Å². The third-order valence-electron chi connectivity index (χ3n) is 2.51. The van der Waals surface area contributed by atoms with Gasteiger partial charge in [0.2, 0.25) is 0 Å². The van der Waals surface area contributed by atoms with Crippen LogP contribution < -0.4 is 5.32 Å². The van der Waals surface area contributed by atoms with Gasteiger partial charge in [-0.15, -0.1) is 11.6 Å². The van der Waals surface area contributed by atoms with Gasteiger partial charge in [-0.2, -0.15) is 0 Å². The Labute approximate surface area is 91.1 Å². The normalized spacial score (nSPS) is 18.4. The Bertz CT molecular complexity index is 151. The molecule has 0 aromatic rings. The molecule has 1 aliphatic rings. The first kappa shape index (κ1) is 12.2. The molecule has 0 aromatic heterocycles. The Morgan fingerprint density at radius 1 is 1.29 bits per heavy atom. The summed E-state index contributed by atoms with van der Waals surface area (Å²) in [6.07, 6.45) is 3.49. The van der Waals surface area contributed by atoms with Gasteiger partial charge in [0.1, 0.15) is 0 Å². The largest absolute Gasteiger partial charge is 0.382 e. The van der Waals surface area contributed by atoms with Gasteiger partial charge >= 0.3 is 0 Å². The molecule has 14 heavy (non-hydrogen) atoms. The van der Waals surface area contributed by atoms with Crippen LogP contribution in [0.3, 0.4) is 0 Å². The van der Waals surface area contributed by atoms with Gasteiger partial charge in [0.15, 0.2) is 0 Å². The maximum absolute atomic E-state index is 5.83. The van der Waals surface area contributed by atoms with E-state index >= 15 is 0 Å². The molecular formula is C10H20ClNO2. The van der Waals surface area contributed by atoms with Gasteiger partial charge in [-0.3, -0.25) is 0 Å². The van der Waals surface area contributed by atoms with Crippen molar-refractivity contribution in [1.82, 2.24) is 5.32 Å². The summed E-state index contributed by atoms with van der Waals surface area (Å²) in [5.41, 5.74) is 0.272. The number of ether oxygens (including phenoxy) is 2. The van der Waals surface area contributed by atoms with Gasteiger partial charge < -0.3 is 14.8 Å². The van der Waals surface area contributed by atoms with Crippen LogP contribution in [0, 0.1) is 0 Å². The number of hydrogen-bond donors (Lipinski definition) is 1. The number of hydrogen-bond acceptors (Lipinski definition) is 3. The molecule has 1 rings (SSSR count). The van der Waals surface area contributed by atoms with E-state index in [-0.39, 0.29) is 5.54 Å². The van der Waals surface area contributed by atoms with Crippen LogP contribution in [-0.4, -0.2) is 44.9 Å². The third kappa shape index (κ3) is 4.60. The van der Waals surface area contributed by atoms with Gasteiger partial charge in [-0.05, 0) is 25.8 Å². The third-order valence-corrected chi connectivity index (χ3v) is 3.02. The van der Waals surface area contributed by atoms with Crippen molar-refractivity contribution < 1.29 is 9.47 Å². The van der Waals surface area contributed by atoms with Crippen LogP contribution in [-0.2, 0) is 9.47 Å². The summed E-state index contributed by atoms with van der Waals surface area (Å²) in [6.45, 7) is 3.17. The summed E-state index contributed by atoms with van der Waals surface area (Å²) in [5, 5.41) is 3.47. The molecule has 0 heterocycles. The van der Waals surface area contributed by atoms with Crippen LogP contribution in [0.5, 0.6) is 0 Å². The van der Waals surface area contributed by atoms with Gasteiger partial charge in [-0.25, -0.2) is 0 Å². The highest BCUT2D eigenvalue weighted by atomic mass is 35.5. The highest BCUT2D eigenvalue weighted by molar-refractivity contribution is 6.18. The van der Waals surface area contributed by atoms with Crippen LogP contribution >= 0.6 is 11.6 Å². The van der Waals surface area contributed by atoms with E-state index in [4.69, 9.17) is 21.1 Å². The number of methoxy groups -OCH3 is 1. The van der Waals surface area contributed by atoms with E-state index in [1.807, 2.05) is 0 Å². The van der Waals surface area contributed by atoms with E-state index in [1.165, 1.54) is 12.8 Å². The first-order valence-electron chi connectivity index (χ1n) is 5.21. The van der Waals surface area contributed by atoms with E-state index in [1.54, 1.807) is 7.11 Å². The number of nitrogens with one attached hydrogen (secondary N) is 1. The second kappa shape index (κ2) is 6.62. The minimum atomic E-state index is 0.272. The molecule has 0 aliphatic heterocycles. The molecule has 4 heteroatoms. The summed E-state index contributed by atoms with van der Waals surface area (Å²) >= 11 is 5.83. The summed E-state index contributed by atoms with van der Waals surface area (Å²) in [5.74, 6) is 0.734. The van der Waals surface area contributed by atoms with Crippen LogP contribution in [0.15, 0.2) is 0 Å². The Hall–Kier alpha value is 0.170. The maximum atomic E-state index is 5.83. The molecule has 0 saturated heterocycles. The monoisotopic (exact) mass is 221 g/mol. The Balaban J connectivity index is 1.80. The molecule has 0 bridgehead atoms. The average molecular weight is 222 g/mol. The standard InChI is InChI=1S/C10H20ClNO2/c1-13-7-8-14-6-2-5-12-10(9-11)3-4-10/h12H,2-9H2,1H3. The van der Waals surface area contributed by atoms with Gasteiger partial charge in [-0.1, -0.05) is 0 Å². The summed E-state index contributed by atoms with van der Waals surface area (Å²) in [7, 11) is 1.68. The first-order valence-corrected chi connectivity index (χ1v) is 5.74. The molecule has 0 spiro atoms. The van der Waals surface area contributed by atoms with Gasteiger partial charge in [0.25, 0.3) is 0 Å². The zero-order valence-electron chi connectivity index (χ0n) is 8.85. The molecule has 1 N–H and O–H groups in total. The lowest BCUT2D eigenvalue weighted by Gasteiger charge is -2.13. The zero-order valence-corrected chi connectivity index (χ0v) is 9.61. The van der Waals surface area contributed by atoms with Crippen molar-refractivity contribution in [2.75, 3.05) is 39.4 Å². The molecular weight excluding hydrogens is 202 g/mol. The molecule has 1 fully saturated rings. The van der Waals surface area contributed by atoms with E-state index in [0.717, 1.165) is 25.5 Å². The minimum absolute atomic E-state index is 0.272. The van der Waals surface area contributed by atoms with E-state index in [2.05, 4.69) is 5.32 Å². The minimum Gasteiger partial charge on any atom is -0.382 e. The Morgan fingerprint density at radius 3 is 2.64 bits per heavy atom. The zero-order chi connectivity index (χ0) is 10.3. The lowest BCUT2D eigenvalue weighted by molar-refractivity contribution is 0.0692. The van der Waals surface area contributed by atoms with Crippen LogP contribution in [0.1, 0.15) is 19.3 Å². The smallest absolute Gasteiger partial charge is 0.0700 e. The summed E-state index contributed by atoms with van der Waals surface area (Å²) in [6, 6.07) is 0. The van der Waals surface area contributed by atoms with E-state index in [9.17, 15) is 0 Å². The van der Waals surface area contributed by atoms with Crippen molar-refractivity contribution in [3.8, 4) is 0 Å². The van der Waals surface area contributed by atoms with E-state index < -0.39 is 0 Å². The summed E-state index contributed by atoms with van der Waals surface area (Å²) < 4.78 is 10.2. The Morgan fingerprint density at radius 2 is 2.07 bits per heavy atom. The average Bonchev–Trinajstić information content (AvgIpc) is 2.98. The van der Waals surface area contributed by atoms with Crippen molar-refractivity contribution in [2.45, 2.75) is 24.8 Å². The highest BCUT2D eigenvalue weighted by Crippen LogP contribution is 2.36. The molecule has 0 amide bonds. The van der Waals surface area contributed by atoms with Crippen molar-refractivity contribution in [3.05, 3.63) is 0 Å². The fourth-order valence-corrected chi connectivity index (χ4v) is 1.64. The topological polar surface area (TPSA) is 30.5 Å². The molecule has 1 saturated carbocycles. The predicted molar refractivity (Wildman–Crippen MR) is 58.0 cm³/mol. The van der Waals surface area contributed by atoms with Crippen LogP contribution in [0.2, 0.25) is 0 Å². The van der Waals surface area contributed by atoms with Crippen LogP contribution in [0.25, 0.3) is 0 Å². The molecule has 3 nitrogen and oxygen atoms in total. The number of alkyl halides is 1. The highest BCUT2D eigenvalue weighted by Gasteiger charge is 2.40. The molecule has 0 unspecified atom stereocenters. The van der Waals surface area contributed by atoms with E-state index in [0.29, 0.717) is 13.2 Å². The molecule has 1 aliphatic carbocycles. The summed E-state index contributed by atoms with van der Waals surface area (Å²) in [4.78, 5) is 0. The van der Waals surface area contributed by atoms with Gasteiger partial charge in [0, 0.05) is 25.1 Å². The second-order valence-electron chi connectivity index (χ2n) is 3.80. The second-order valence-corrected chi connectivity index (χ2v) is 4.07. The molecule has 84 valence electrons. The SMILES string of the molecule is COCCOCCCNC1(CCl)CC1. The fourth-order valence-electron chi connectivity index (χ4n) is 1.28. The molecule has 0 aromatic carbocycles. The lowest BCUT2D eigenvalue weighted by atomic mass is 10.3. The Kier molecular flexibility index (Phi) is 5.78. The van der Waals surface area contributed by atoms with Crippen molar-refractivity contribution >= 4 is 11.6 Å². The fraction of sp³-hybridized carbons (Fsp3) is 1.00. The quantitative estimate of drug-likeness (QED) is 0.472. The molecule has 0 atom stereocenters. The predicted octanol–water partition coefficient (Wildman–Crippen LogP) is 1.40. The number of rotatable bonds is 9.